The maximum Gasteiger partial charge on any atom is 0.332 e. The molecule has 0 aromatic heterocycles. The van der Waals surface area contributed by atoms with Gasteiger partial charge in [-0.2, -0.15) is 0 Å². The fraction of sp³-hybridized carbons (Fsp3) is 0.556. The predicted molar refractivity (Wildman–Crippen MR) is 48.7 cm³/mol. The minimum absolute atomic E-state index is 0.270. The third-order valence-electron chi connectivity index (χ3n) is 2.01. The molecular formula is C9H13NO4. The van der Waals surface area contributed by atoms with Crippen molar-refractivity contribution in [1.82, 2.24) is 5.32 Å². The largest absolute Gasteiger partial charge is 0.479 e. The van der Waals surface area contributed by atoms with Crippen molar-refractivity contribution in [2.45, 2.75) is 25.0 Å². The summed E-state index contributed by atoms with van der Waals surface area (Å²) < 4.78 is 5.04. The van der Waals surface area contributed by atoms with E-state index in [0.717, 1.165) is 0 Å². The van der Waals surface area contributed by atoms with E-state index in [0.29, 0.717) is 19.4 Å². The Kier molecular flexibility index (Phi) is 3.64. The molecule has 1 saturated heterocycles. The SMILES string of the molecule is C=CCNC(=O)C1CCC(C(=O)O)O1. The van der Waals surface area contributed by atoms with Gasteiger partial charge in [-0.3, -0.25) is 4.79 Å². The molecule has 2 atom stereocenters. The highest BCUT2D eigenvalue weighted by Gasteiger charge is 2.34. The molecule has 0 spiro atoms. The summed E-state index contributed by atoms with van der Waals surface area (Å²) in [6.07, 6.45) is 0.939. The number of carbonyl (C=O) groups excluding carboxylic acids is 1. The molecule has 1 fully saturated rings. The molecular weight excluding hydrogens is 186 g/mol. The van der Waals surface area contributed by atoms with Crippen LogP contribution in [0.3, 0.4) is 0 Å². The third kappa shape index (κ3) is 2.56. The number of nitrogens with one attached hydrogen (secondary N) is 1. The van der Waals surface area contributed by atoms with Crippen LogP contribution in [0.25, 0.3) is 0 Å². The number of carbonyl (C=O) groups is 2. The molecule has 0 saturated carbocycles. The lowest BCUT2D eigenvalue weighted by atomic mass is 10.2. The Morgan fingerprint density at radius 2 is 2.14 bits per heavy atom. The van der Waals surface area contributed by atoms with E-state index in [-0.39, 0.29) is 5.91 Å². The normalized spacial score (nSPS) is 25.7. The predicted octanol–water partition coefficient (Wildman–Crippen LogP) is -0.0792. The Labute approximate surface area is 81.7 Å². The van der Waals surface area contributed by atoms with Gasteiger partial charge in [-0.25, -0.2) is 4.79 Å². The molecule has 1 rings (SSSR count). The maximum absolute atomic E-state index is 11.3. The van der Waals surface area contributed by atoms with Crippen LogP contribution in [0.4, 0.5) is 0 Å². The number of aliphatic carboxylic acids is 1. The Morgan fingerprint density at radius 3 is 2.64 bits per heavy atom. The number of hydrogen-bond donors (Lipinski definition) is 2. The van der Waals surface area contributed by atoms with Crippen LogP contribution in [0, 0.1) is 0 Å². The molecule has 1 aliphatic rings. The summed E-state index contributed by atoms with van der Waals surface area (Å²) in [6.45, 7) is 3.82. The van der Waals surface area contributed by atoms with E-state index in [1.54, 1.807) is 6.08 Å². The van der Waals surface area contributed by atoms with E-state index in [4.69, 9.17) is 9.84 Å². The average Bonchev–Trinajstić information content (AvgIpc) is 2.62. The van der Waals surface area contributed by atoms with E-state index in [1.807, 2.05) is 0 Å². The van der Waals surface area contributed by atoms with Crippen molar-refractivity contribution in [2.24, 2.45) is 0 Å². The molecule has 5 nitrogen and oxygen atoms in total. The Balaban J connectivity index is 2.37. The molecule has 2 unspecified atom stereocenters. The zero-order valence-corrected chi connectivity index (χ0v) is 7.73. The fourth-order valence-electron chi connectivity index (χ4n) is 1.30. The van der Waals surface area contributed by atoms with Crippen LogP contribution in [0.2, 0.25) is 0 Å². The number of rotatable bonds is 4. The fourth-order valence-corrected chi connectivity index (χ4v) is 1.30. The Bertz CT molecular complexity index is 251. The van der Waals surface area contributed by atoms with E-state index >= 15 is 0 Å². The summed E-state index contributed by atoms with van der Waals surface area (Å²) >= 11 is 0. The molecule has 0 aliphatic carbocycles. The molecule has 1 heterocycles. The second kappa shape index (κ2) is 4.76. The highest BCUT2D eigenvalue weighted by Crippen LogP contribution is 2.19. The van der Waals surface area contributed by atoms with Crippen molar-refractivity contribution in [1.29, 1.82) is 0 Å². The molecule has 0 radical (unpaired) electrons. The van der Waals surface area contributed by atoms with Crippen molar-refractivity contribution in [3.63, 3.8) is 0 Å². The third-order valence-corrected chi connectivity index (χ3v) is 2.01. The van der Waals surface area contributed by atoms with Crippen LogP contribution in [0.15, 0.2) is 12.7 Å². The van der Waals surface area contributed by atoms with Crippen LogP contribution in [-0.4, -0.2) is 35.7 Å². The Hall–Kier alpha value is -1.36. The van der Waals surface area contributed by atoms with Gasteiger partial charge in [0.15, 0.2) is 6.10 Å². The van der Waals surface area contributed by atoms with Crippen molar-refractivity contribution in [2.75, 3.05) is 6.54 Å². The van der Waals surface area contributed by atoms with Crippen molar-refractivity contribution >= 4 is 11.9 Å². The van der Waals surface area contributed by atoms with Gasteiger partial charge in [0.05, 0.1) is 0 Å². The van der Waals surface area contributed by atoms with Crippen LogP contribution >= 0.6 is 0 Å². The first-order valence-electron chi connectivity index (χ1n) is 4.42. The second-order valence-corrected chi connectivity index (χ2v) is 3.06. The van der Waals surface area contributed by atoms with Gasteiger partial charge in [0, 0.05) is 6.54 Å². The molecule has 14 heavy (non-hydrogen) atoms. The minimum atomic E-state index is -1.01. The molecule has 2 N–H and O–H groups in total. The quantitative estimate of drug-likeness (QED) is 0.621. The smallest absolute Gasteiger partial charge is 0.332 e. The van der Waals surface area contributed by atoms with Gasteiger partial charge in [-0.15, -0.1) is 6.58 Å². The van der Waals surface area contributed by atoms with E-state index in [9.17, 15) is 9.59 Å². The monoisotopic (exact) mass is 199 g/mol. The van der Waals surface area contributed by atoms with Crippen molar-refractivity contribution < 1.29 is 19.4 Å². The average molecular weight is 199 g/mol. The summed E-state index contributed by atoms with van der Waals surface area (Å²) in [5, 5.41) is 11.2. The van der Waals surface area contributed by atoms with E-state index < -0.39 is 18.2 Å². The molecule has 1 amide bonds. The first kappa shape index (κ1) is 10.7. The number of ether oxygens (including phenoxy) is 1. The summed E-state index contributed by atoms with van der Waals surface area (Å²) in [7, 11) is 0. The van der Waals surface area contributed by atoms with Gasteiger partial charge in [0.2, 0.25) is 5.91 Å². The molecule has 5 heteroatoms. The number of carboxylic acids is 1. The lowest BCUT2D eigenvalue weighted by Gasteiger charge is -2.10. The molecule has 0 aromatic carbocycles. The van der Waals surface area contributed by atoms with Crippen molar-refractivity contribution in [3.8, 4) is 0 Å². The zero-order valence-electron chi connectivity index (χ0n) is 7.73. The molecule has 1 aliphatic heterocycles. The van der Waals surface area contributed by atoms with Crippen LogP contribution in [0.5, 0.6) is 0 Å². The molecule has 0 bridgehead atoms. The number of amides is 1. The van der Waals surface area contributed by atoms with Gasteiger partial charge in [0.25, 0.3) is 0 Å². The van der Waals surface area contributed by atoms with E-state index in [2.05, 4.69) is 11.9 Å². The molecule has 0 aromatic rings. The summed E-state index contributed by atoms with van der Waals surface area (Å²) in [4.78, 5) is 21.8. The van der Waals surface area contributed by atoms with Gasteiger partial charge in [0.1, 0.15) is 6.10 Å². The summed E-state index contributed by atoms with van der Waals surface area (Å²) in [5.74, 6) is -1.28. The maximum atomic E-state index is 11.3. The standard InChI is InChI=1S/C9H13NO4/c1-2-5-10-8(11)6-3-4-7(14-6)9(12)13/h2,6-7H,1,3-5H2,(H,10,11)(H,12,13). The lowest BCUT2D eigenvalue weighted by molar-refractivity contribution is -0.151. The zero-order chi connectivity index (χ0) is 10.6. The highest BCUT2D eigenvalue weighted by molar-refractivity contribution is 5.82. The number of carboxylic acid groups (broad SMARTS) is 1. The number of hydrogen-bond acceptors (Lipinski definition) is 3. The minimum Gasteiger partial charge on any atom is -0.479 e. The van der Waals surface area contributed by atoms with Gasteiger partial charge in [-0.05, 0) is 12.8 Å². The second-order valence-electron chi connectivity index (χ2n) is 3.06. The van der Waals surface area contributed by atoms with Crippen LogP contribution in [0.1, 0.15) is 12.8 Å². The summed E-state index contributed by atoms with van der Waals surface area (Å²) in [5.41, 5.74) is 0. The topological polar surface area (TPSA) is 75.6 Å². The first-order valence-corrected chi connectivity index (χ1v) is 4.42. The van der Waals surface area contributed by atoms with Crippen molar-refractivity contribution in [3.05, 3.63) is 12.7 Å². The Morgan fingerprint density at radius 1 is 1.50 bits per heavy atom. The van der Waals surface area contributed by atoms with Gasteiger partial charge < -0.3 is 15.2 Å². The lowest BCUT2D eigenvalue weighted by Crippen LogP contribution is -2.35. The van der Waals surface area contributed by atoms with E-state index in [1.165, 1.54) is 0 Å². The van der Waals surface area contributed by atoms with Crippen LogP contribution in [-0.2, 0) is 14.3 Å². The van der Waals surface area contributed by atoms with Gasteiger partial charge in [-0.1, -0.05) is 6.08 Å². The summed E-state index contributed by atoms with van der Waals surface area (Å²) in [6, 6.07) is 0. The molecule has 78 valence electrons. The van der Waals surface area contributed by atoms with Crippen LogP contribution < -0.4 is 5.32 Å². The van der Waals surface area contributed by atoms with Gasteiger partial charge >= 0.3 is 5.97 Å². The first-order chi connectivity index (χ1) is 6.65. The highest BCUT2D eigenvalue weighted by atomic mass is 16.5.